The molecular formula is C13H15NO2. The Labute approximate surface area is 95.1 Å². The van der Waals surface area contributed by atoms with Crippen molar-refractivity contribution in [3.8, 4) is 0 Å². The molecule has 2 rings (SSSR count). The van der Waals surface area contributed by atoms with Crippen LogP contribution in [0.2, 0.25) is 0 Å². The molecule has 84 valence electrons. The number of hydrogen-bond donors (Lipinski definition) is 0. The Bertz CT molecular complexity index is 437. The van der Waals surface area contributed by atoms with Gasteiger partial charge in [0.1, 0.15) is 0 Å². The van der Waals surface area contributed by atoms with Gasteiger partial charge in [-0.25, -0.2) is 0 Å². The van der Waals surface area contributed by atoms with Crippen molar-refractivity contribution in [2.75, 3.05) is 11.4 Å². The van der Waals surface area contributed by atoms with E-state index in [1.165, 1.54) is 0 Å². The second kappa shape index (κ2) is 4.08. The smallest absolute Gasteiger partial charge is 0.229 e. The van der Waals surface area contributed by atoms with E-state index in [0.717, 1.165) is 5.69 Å². The number of rotatable bonds is 1. The molecule has 0 radical (unpaired) electrons. The van der Waals surface area contributed by atoms with Gasteiger partial charge in [0.05, 0.1) is 5.69 Å². The number of carbonyl (C=O) groups is 2. The third kappa shape index (κ3) is 1.73. The highest BCUT2D eigenvalue weighted by Gasteiger charge is 2.27. The predicted octanol–water partition coefficient (Wildman–Crippen LogP) is 2.26. The number of amides is 1. The molecule has 1 amide bonds. The number of hydrogen-bond acceptors (Lipinski definition) is 2. The summed E-state index contributed by atoms with van der Waals surface area (Å²) in [6.07, 6.45) is 0.426. The minimum atomic E-state index is -0.0405. The van der Waals surface area contributed by atoms with Gasteiger partial charge in [-0.2, -0.15) is 0 Å². The minimum absolute atomic E-state index is 0.0405. The van der Waals surface area contributed by atoms with Crippen LogP contribution in [0.4, 0.5) is 5.69 Å². The van der Waals surface area contributed by atoms with Crippen LogP contribution in [-0.2, 0) is 4.79 Å². The quantitative estimate of drug-likeness (QED) is 0.723. The summed E-state index contributed by atoms with van der Waals surface area (Å²) < 4.78 is 0. The largest absolute Gasteiger partial charge is 0.311 e. The van der Waals surface area contributed by atoms with Gasteiger partial charge in [0.2, 0.25) is 5.91 Å². The Morgan fingerprint density at radius 1 is 1.31 bits per heavy atom. The topological polar surface area (TPSA) is 37.4 Å². The molecule has 3 heteroatoms. The predicted molar refractivity (Wildman–Crippen MR) is 62.6 cm³/mol. The van der Waals surface area contributed by atoms with Crippen molar-refractivity contribution in [2.45, 2.75) is 20.3 Å². The van der Waals surface area contributed by atoms with Crippen molar-refractivity contribution >= 4 is 17.4 Å². The van der Waals surface area contributed by atoms with Crippen LogP contribution >= 0.6 is 0 Å². The fourth-order valence-electron chi connectivity index (χ4n) is 1.95. The van der Waals surface area contributed by atoms with Gasteiger partial charge >= 0.3 is 0 Å². The lowest BCUT2D eigenvalue weighted by Crippen LogP contribution is -2.39. The Morgan fingerprint density at radius 2 is 2.00 bits per heavy atom. The SMILES string of the molecule is CC(C)C(=O)N1CCC(=O)c2ccccc21. The molecule has 0 fully saturated rings. The molecule has 0 N–H and O–H groups in total. The molecule has 1 heterocycles. The van der Waals surface area contributed by atoms with Crippen LogP contribution in [-0.4, -0.2) is 18.2 Å². The number of anilines is 1. The average Bonchev–Trinajstić information content (AvgIpc) is 2.29. The van der Waals surface area contributed by atoms with Gasteiger partial charge in [-0.1, -0.05) is 26.0 Å². The van der Waals surface area contributed by atoms with Crippen molar-refractivity contribution in [3.05, 3.63) is 29.8 Å². The maximum Gasteiger partial charge on any atom is 0.229 e. The third-order valence-corrected chi connectivity index (χ3v) is 2.82. The zero-order valence-electron chi connectivity index (χ0n) is 9.56. The van der Waals surface area contributed by atoms with Crippen LogP contribution in [0.15, 0.2) is 24.3 Å². The van der Waals surface area contributed by atoms with E-state index in [4.69, 9.17) is 0 Å². The number of carbonyl (C=O) groups excluding carboxylic acids is 2. The fraction of sp³-hybridized carbons (Fsp3) is 0.385. The van der Waals surface area contributed by atoms with Gasteiger partial charge in [0.15, 0.2) is 5.78 Å². The molecule has 1 aromatic carbocycles. The molecule has 0 saturated heterocycles. The molecule has 1 aliphatic rings. The lowest BCUT2D eigenvalue weighted by molar-refractivity contribution is -0.121. The van der Waals surface area contributed by atoms with E-state index in [1.807, 2.05) is 32.0 Å². The monoisotopic (exact) mass is 217 g/mol. The normalized spacial score (nSPS) is 15.2. The second-order valence-corrected chi connectivity index (χ2v) is 4.33. The summed E-state index contributed by atoms with van der Waals surface area (Å²) in [6, 6.07) is 7.32. The first-order valence-corrected chi connectivity index (χ1v) is 5.55. The lowest BCUT2D eigenvalue weighted by Gasteiger charge is -2.29. The van der Waals surface area contributed by atoms with E-state index < -0.39 is 0 Å². The van der Waals surface area contributed by atoms with E-state index in [-0.39, 0.29) is 17.6 Å². The van der Waals surface area contributed by atoms with Crippen LogP contribution in [0, 0.1) is 5.92 Å². The first kappa shape index (κ1) is 10.9. The standard InChI is InChI=1S/C13H15NO2/c1-9(2)13(16)14-8-7-12(15)10-5-3-4-6-11(10)14/h3-6,9H,7-8H2,1-2H3. The van der Waals surface area contributed by atoms with Crippen molar-refractivity contribution in [3.63, 3.8) is 0 Å². The van der Waals surface area contributed by atoms with E-state index in [1.54, 1.807) is 11.0 Å². The second-order valence-electron chi connectivity index (χ2n) is 4.33. The van der Waals surface area contributed by atoms with Crippen molar-refractivity contribution in [2.24, 2.45) is 5.92 Å². The van der Waals surface area contributed by atoms with E-state index in [0.29, 0.717) is 18.5 Å². The highest BCUT2D eigenvalue weighted by molar-refractivity contribution is 6.09. The first-order chi connectivity index (χ1) is 7.61. The summed E-state index contributed by atoms with van der Waals surface area (Å²) in [5, 5.41) is 0. The molecule has 0 aliphatic carbocycles. The van der Waals surface area contributed by atoms with Gasteiger partial charge in [-0.05, 0) is 12.1 Å². The molecular weight excluding hydrogens is 202 g/mol. The van der Waals surface area contributed by atoms with Gasteiger partial charge < -0.3 is 4.90 Å². The Morgan fingerprint density at radius 3 is 2.69 bits per heavy atom. The molecule has 1 aliphatic heterocycles. The van der Waals surface area contributed by atoms with Gasteiger partial charge in [0, 0.05) is 24.4 Å². The number of nitrogens with zero attached hydrogens (tertiary/aromatic N) is 1. The summed E-state index contributed by atoms with van der Waals surface area (Å²) in [5.41, 5.74) is 1.43. The molecule has 0 atom stereocenters. The summed E-state index contributed by atoms with van der Waals surface area (Å²) in [5.74, 6) is 0.171. The summed E-state index contributed by atoms with van der Waals surface area (Å²) >= 11 is 0. The van der Waals surface area contributed by atoms with Crippen molar-refractivity contribution in [1.29, 1.82) is 0 Å². The molecule has 16 heavy (non-hydrogen) atoms. The Balaban J connectivity index is 2.42. The van der Waals surface area contributed by atoms with Crippen LogP contribution in [0.1, 0.15) is 30.6 Å². The van der Waals surface area contributed by atoms with Crippen LogP contribution in [0.25, 0.3) is 0 Å². The molecule has 0 spiro atoms. The molecule has 0 saturated carbocycles. The molecule has 3 nitrogen and oxygen atoms in total. The highest BCUT2D eigenvalue weighted by Crippen LogP contribution is 2.27. The van der Waals surface area contributed by atoms with Crippen LogP contribution in [0.3, 0.4) is 0 Å². The number of fused-ring (bicyclic) bond motifs is 1. The molecule has 0 bridgehead atoms. The zero-order valence-corrected chi connectivity index (χ0v) is 9.56. The summed E-state index contributed by atoms with van der Waals surface area (Å²) in [4.78, 5) is 25.4. The fourth-order valence-corrected chi connectivity index (χ4v) is 1.95. The van der Waals surface area contributed by atoms with E-state index in [2.05, 4.69) is 0 Å². The van der Waals surface area contributed by atoms with Crippen molar-refractivity contribution < 1.29 is 9.59 Å². The Kier molecular flexibility index (Phi) is 2.77. The highest BCUT2D eigenvalue weighted by atomic mass is 16.2. The van der Waals surface area contributed by atoms with Gasteiger partial charge in [-0.15, -0.1) is 0 Å². The first-order valence-electron chi connectivity index (χ1n) is 5.55. The maximum absolute atomic E-state index is 12.0. The average molecular weight is 217 g/mol. The van der Waals surface area contributed by atoms with E-state index >= 15 is 0 Å². The van der Waals surface area contributed by atoms with Gasteiger partial charge in [0.25, 0.3) is 0 Å². The number of para-hydroxylation sites is 1. The maximum atomic E-state index is 12.0. The van der Waals surface area contributed by atoms with Crippen molar-refractivity contribution in [1.82, 2.24) is 0 Å². The minimum Gasteiger partial charge on any atom is -0.311 e. The molecule has 0 aromatic heterocycles. The van der Waals surface area contributed by atoms with E-state index in [9.17, 15) is 9.59 Å². The molecule has 1 aromatic rings. The number of Topliss-reactive ketones (excluding diaryl/α,β-unsaturated/α-hetero) is 1. The third-order valence-electron chi connectivity index (χ3n) is 2.82. The zero-order chi connectivity index (χ0) is 11.7. The summed E-state index contributed by atoms with van der Waals surface area (Å²) in [6.45, 7) is 4.26. The molecule has 0 unspecified atom stereocenters. The lowest BCUT2D eigenvalue weighted by atomic mass is 9.99. The van der Waals surface area contributed by atoms with Crippen LogP contribution in [0.5, 0.6) is 0 Å². The number of benzene rings is 1. The van der Waals surface area contributed by atoms with Gasteiger partial charge in [-0.3, -0.25) is 9.59 Å². The summed E-state index contributed by atoms with van der Waals surface area (Å²) in [7, 11) is 0. The Hall–Kier alpha value is -1.64. The number of ketones is 1. The van der Waals surface area contributed by atoms with Crippen LogP contribution < -0.4 is 4.90 Å².